The minimum Gasteiger partial charge on any atom is -0.497 e. The molecule has 1 aromatic rings. The van der Waals surface area contributed by atoms with Gasteiger partial charge in [0.25, 0.3) is 0 Å². The Morgan fingerprint density at radius 1 is 1.35 bits per heavy atom. The quantitative estimate of drug-likeness (QED) is 0.828. The number of aliphatic carboxylic acids is 1. The molecule has 0 heterocycles. The van der Waals surface area contributed by atoms with Gasteiger partial charge in [-0.1, -0.05) is 13.8 Å². The number of aryl methyl sites for hydroxylation is 1. The Balaban J connectivity index is 3.14. The van der Waals surface area contributed by atoms with Gasteiger partial charge in [0, 0.05) is 0 Å². The van der Waals surface area contributed by atoms with Crippen LogP contribution >= 0.6 is 0 Å². The maximum atomic E-state index is 12.3. The lowest BCUT2D eigenvalue weighted by atomic mass is 10.1. The van der Waals surface area contributed by atoms with Crippen molar-refractivity contribution >= 4 is 16.0 Å². The summed E-state index contributed by atoms with van der Waals surface area (Å²) in [4.78, 5) is 11.1. The van der Waals surface area contributed by atoms with Crippen LogP contribution in [0.1, 0.15) is 19.4 Å². The molecule has 1 atom stereocenters. The first-order valence-electron chi connectivity index (χ1n) is 6.09. The Hall–Kier alpha value is -1.60. The molecule has 1 rings (SSSR count). The Labute approximate surface area is 118 Å². The van der Waals surface area contributed by atoms with Crippen molar-refractivity contribution in [2.75, 3.05) is 7.11 Å². The summed E-state index contributed by atoms with van der Waals surface area (Å²) in [6.45, 7) is 4.91. The average molecular weight is 301 g/mol. The third kappa shape index (κ3) is 3.71. The zero-order valence-electron chi connectivity index (χ0n) is 11.9. The van der Waals surface area contributed by atoms with Crippen LogP contribution < -0.4 is 9.46 Å². The first-order valence-corrected chi connectivity index (χ1v) is 7.57. The van der Waals surface area contributed by atoms with Gasteiger partial charge in [-0.2, -0.15) is 4.72 Å². The number of ether oxygens (including phenoxy) is 1. The van der Waals surface area contributed by atoms with Crippen LogP contribution in [0.2, 0.25) is 0 Å². The number of hydrogen-bond acceptors (Lipinski definition) is 4. The maximum absolute atomic E-state index is 12.3. The number of sulfonamides is 1. The van der Waals surface area contributed by atoms with Gasteiger partial charge in [0.1, 0.15) is 11.8 Å². The van der Waals surface area contributed by atoms with Gasteiger partial charge >= 0.3 is 5.97 Å². The molecule has 20 heavy (non-hydrogen) atoms. The van der Waals surface area contributed by atoms with E-state index in [1.807, 2.05) is 0 Å². The highest BCUT2D eigenvalue weighted by Crippen LogP contribution is 2.21. The number of carboxylic acids is 1. The van der Waals surface area contributed by atoms with E-state index in [1.165, 1.54) is 19.2 Å². The second-order valence-electron chi connectivity index (χ2n) is 4.81. The fourth-order valence-corrected chi connectivity index (χ4v) is 3.32. The smallest absolute Gasteiger partial charge is 0.322 e. The number of carbonyl (C=O) groups is 1. The van der Waals surface area contributed by atoms with Gasteiger partial charge in [-0.25, -0.2) is 8.42 Å². The fourth-order valence-electron chi connectivity index (χ4n) is 1.75. The summed E-state index contributed by atoms with van der Waals surface area (Å²) in [7, 11) is -2.41. The van der Waals surface area contributed by atoms with Crippen molar-refractivity contribution in [1.29, 1.82) is 0 Å². The van der Waals surface area contributed by atoms with Crippen molar-refractivity contribution in [3.8, 4) is 5.75 Å². The van der Waals surface area contributed by atoms with E-state index < -0.39 is 22.0 Å². The molecule has 7 heteroatoms. The lowest BCUT2D eigenvalue weighted by Gasteiger charge is -2.19. The van der Waals surface area contributed by atoms with E-state index in [0.717, 1.165) is 0 Å². The lowest BCUT2D eigenvalue weighted by molar-refractivity contribution is -0.140. The van der Waals surface area contributed by atoms with Gasteiger partial charge in [-0.05, 0) is 36.6 Å². The van der Waals surface area contributed by atoms with Crippen LogP contribution in [0.3, 0.4) is 0 Å². The van der Waals surface area contributed by atoms with Crippen LogP contribution in [0.5, 0.6) is 5.75 Å². The number of rotatable bonds is 6. The SMILES string of the molecule is COc1ccc(S(=O)(=O)N[C@@H](C(=O)O)C(C)C)c(C)c1. The largest absolute Gasteiger partial charge is 0.497 e. The van der Waals surface area contributed by atoms with E-state index in [2.05, 4.69) is 4.72 Å². The number of methoxy groups -OCH3 is 1. The molecule has 0 aliphatic rings. The van der Waals surface area contributed by atoms with E-state index >= 15 is 0 Å². The zero-order valence-corrected chi connectivity index (χ0v) is 12.7. The van der Waals surface area contributed by atoms with Crippen molar-refractivity contribution < 1.29 is 23.1 Å². The number of nitrogens with one attached hydrogen (secondary N) is 1. The minimum absolute atomic E-state index is 0.0465. The van der Waals surface area contributed by atoms with Gasteiger partial charge in [-0.15, -0.1) is 0 Å². The molecule has 0 saturated carbocycles. The topological polar surface area (TPSA) is 92.7 Å². The molecule has 0 fully saturated rings. The third-order valence-electron chi connectivity index (χ3n) is 2.89. The molecule has 2 N–H and O–H groups in total. The fraction of sp³-hybridized carbons (Fsp3) is 0.462. The first-order chi connectivity index (χ1) is 9.19. The van der Waals surface area contributed by atoms with Gasteiger partial charge in [0.05, 0.1) is 12.0 Å². The summed E-state index contributed by atoms with van der Waals surface area (Å²) in [5.74, 6) is -1.02. The summed E-state index contributed by atoms with van der Waals surface area (Å²) < 4.78 is 31.7. The number of carboxylic acid groups (broad SMARTS) is 1. The summed E-state index contributed by atoms with van der Waals surface area (Å²) in [5.41, 5.74) is 0.491. The maximum Gasteiger partial charge on any atom is 0.322 e. The van der Waals surface area contributed by atoms with Gasteiger partial charge in [0.2, 0.25) is 10.0 Å². The van der Waals surface area contributed by atoms with Crippen LogP contribution in [-0.4, -0.2) is 32.6 Å². The van der Waals surface area contributed by atoms with Crippen LogP contribution in [0.15, 0.2) is 23.1 Å². The molecule has 0 radical (unpaired) electrons. The molecule has 0 spiro atoms. The Bertz CT molecular complexity index is 595. The van der Waals surface area contributed by atoms with Crippen LogP contribution in [0, 0.1) is 12.8 Å². The van der Waals surface area contributed by atoms with Crippen molar-refractivity contribution in [3.05, 3.63) is 23.8 Å². The molecule has 0 aliphatic heterocycles. The summed E-state index contributed by atoms with van der Waals surface area (Å²) in [6, 6.07) is 3.34. The first kappa shape index (κ1) is 16.5. The molecule has 0 unspecified atom stereocenters. The molecule has 0 saturated heterocycles. The monoisotopic (exact) mass is 301 g/mol. The van der Waals surface area contributed by atoms with E-state index in [9.17, 15) is 13.2 Å². The van der Waals surface area contributed by atoms with Crippen molar-refractivity contribution in [2.24, 2.45) is 5.92 Å². The van der Waals surface area contributed by atoms with E-state index in [0.29, 0.717) is 11.3 Å². The Morgan fingerprint density at radius 2 is 1.95 bits per heavy atom. The molecule has 0 amide bonds. The van der Waals surface area contributed by atoms with Crippen LogP contribution in [0.25, 0.3) is 0 Å². The highest BCUT2D eigenvalue weighted by Gasteiger charge is 2.28. The summed E-state index contributed by atoms with van der Waals surface area (Å²) in [5, 5.41) is 9.06. The van der Waals surface area contributed by atoms with Crippen molar-refractivity contribution in [3.63, 3.8) is 0 Å². The summed E-state index contributed by atoms with van der Waals surface area (Å²) >= 11 is 0. The predicted molar refractivity (Wildman–Crippen MR) is 74.3 cm³/mol. The van der Waals surface area contributed by atoms with Crippen LogP contribution in [-0.2, 0) is 14.8 Å². The van der Waals surface area contributed by atoms with Gasteiger partial charge in [-0.3, -0.25) is 4.79 Å². The highest BCUT2D eigenvalue weighted by atomic mass is 32.2. The van der Waals surface area contributed by atoms with Crippen LogP contribution in [0.4, 0.5) is 0 Å². The molecule has 0 aromatic heterocycles. The second-order valence-corrected chi connectivity index (χ2v) is 6.50. The molecule has 0 bridgehead atoms. The molecule has 0 aliphatic carbocycles. The minimum atomic E-state index is -3.89. The Kier molecular flexibility index (Phi) is 5.13. The van der Waals surface area contributed by atoms with Gasteiger partial charge < -0.3 is 9.84 Å². The number of benzene rings is 1. The van der Waals surface area contributed by atoms with E-state index in [-0.39, 0.29) is 10.8 Å². The van der Waals surface area contributed by atoms with E-state index in [1.54, 1.807) is 26.8 Å². The molecule has 112 valence electrons. The van der Waals surface area contributed by atoms with Crippen molar-refractivity contribution in [1.82, 2.24) is 4.72 Å². The van der Waals surface area contributed by atoms with Gasteiger partial charge in [0.15, 0.2) is 0 Å². The predicted octanol–water partition coefficient (Wildman–Crippen LogP) is 1.39. The number of hydrogen-bond donors (Lipinski definition) is 2. The highest BCUT2D eigenvalue weighted by molar-refractivity contribution is 7.89. The average Bonchev–Trinajstić information content (AvgIpc) is 2.34. The Morgan fingerprint density at radius 3 is 2.35 bits per heavy atom. The third-order valence-corrected chi connectivity index (χ3v) is 4.49. The lowest BCUT2D eigenvalue weighted by Crippen LogP contribution is -2.44. The summed E-state index contributed by atoms with van der Waals surface area (Å²) in [6.07, 6.45) is 0. The molecular formula is C13H19NO5S. The normalized spacial score (nSPS) is 13.2. The molecule has 6 nitrogen and oxygen atoms in total. The standard InChI is InChI=1S/C13H19NO5S/c1-8(2)12(13(15)16)14-20(17,18)11-6-5-10(19-4)7-9(11)3/h5-8,12,14H,1-4H3,(H,15,16)/t12-/m1/s1. The molecule has 1 aromatic carbocycles. The zero-order chi connectivity index (χ0) is 15.5. The molecular weight excluding hydrogens is 282 g/mol. The second kappa shape index (κ2) is 6.23. The van der Waals surface area contributed by atoms with E-state index in [4.69, 9.17) is 9.84 Å². The van der Waals surface area contributed by atoms with Crippen molar-refractivity contribution in [2.45, 2.75) is 31.7 Å².